The van der Waals surface area contributed by atoms with Gasteiger partial charge in [0.1, 0.15) is 13.2 Å². The zero-order chi connectivity index (χ0) is 17.2. The fourth-order valence-corrected chi connectivity index (χ4v) is 3.10. The summed E-state index contributed by atoms with van der Waals surface area (Å²) in [5.74, 6) is 1.98. The van der Waals surface area contributed by atoms with Gasteiger partial charge < -0.3 is 15.2 Å². The van der Waals surface area contributed by atoms with Crippen LogP contribution < -0.4 is 31.1 Å². The number of fused-ring (bicyclic) bond motifs is 2. The summed E-state index contributed by atoms with van der Waals surface area (Å²) < 4.78 is 11.0. The van der Waals surface area contributed by atoms with E-state index in [-0.39, 0.29) is 11.5 Å². The highest BCUT2D eigenvalue weighted by Gasteiger charge is 2.18. The van der Waals surface area contributed by atoms with Crippen molar-refractivity contribution in [3.63, 3.8) is 0 Å². The van der Waals surface area contributed by atoms with Gasteiger partial charge in [-0.2, -0.15) is 0 Å². The van der Waals surface area contributed by atoms with E-state index in [1.807, 2.05) is 18.2 Å². The van der Waals surface area contributed by atoms with Crippen LogP contribution in [0.5, 0.6) is 11.5 Å². The number of rotatable bonds is 2. The Balaban J connectivity index is 1.55. The summed E-state index contributed by atoms with van der Waals surface area (Å²) in [6, 6.07) is 5.47. The minimum absolute atomic E-state index is 0.0978. The number of aromatic amines is 1. The van der Waals surface area contributed by atoms with Crippen molar-refractivity contribution in [2.75, 3.05) is 18.5 Å². The maximum atomic E-state index is 12.1. The summed E-state index contributed by atoms with van der Waals surface area (Å²) in [6.45, 7) is 1.07. The number of nitrogens with one attached hydrogen (secondary N) is 3. The van der Waals surface area contributed by atoms with E-state index < -0.39 is 0 Å². The van der Waals surface area contributed by atoms with E-state index in [0.717, 1.165) is 42.6 Å². The lowest BCUT2D eigenvalue weighted by atomic mass is 9.97. The number of aryl methyl sites for hydroxylation is 1. The molecule has 0 spiro atoms. The van der Waals surface area contributed by atoms with Crippen LogP contribution in [0.2, 0.25) is 0 Å². The lowest BCUT2D eigenvalue weighted by Gasteiger charge is -2.18. The van der Waals surface area contributed by atoms with Gasteiger partial charge in [-0.1, -0.05) is 0 Å². The quantitative estimate of drug-likeness (QED) is 0.434. The first-order valence-electron chi connectivity index (χ1n) is 8.37. The van der Waals surface area contributed by atoms with Gasteiger partial charge in [-0.25, -0.2) is 9.98 Å². The molecule has 0 saturated heterocycles. The van der Waals surface area contributed by atoms with Crippen LogP contribution in [0.3, 0.4) is 0 Å². The second-order valence-corrected chi connectivity index (χ2v) is 6.07. The molecule has 0 atom stereocenters. The zero-order valence-corrected chi connectivity index (χ0v) is 13.7. The van der Waals surface area contributed by atoms with E-state index in [0.29, 0.717) is 30.7 Å². The number of hydrogen-bond donors (Lipinski definition) is 4. The molecular weight excluding hydrogens is 322 g/mol. The number of anilines is 1. The van der Waals surface area contributed by atoms with Crippen LogP contribution in [0.1, 0.15) is 24.1 Å². The largest absolute Gasteiger partial charge is 0.486 e. The number of hydrogen-bond acceptors (Lipinski definition) is 4. The highest BCUT2D eigenvalue weighted by Crippen LogP contribution is 2.32. The number of H-pyrrole nitrogens is 1. The zero-order valence-electron chi connectivity index (χ0n) is 13.7. The Morgan fingerprint density at radius 2 is 2.00 bits per heavy atom. The molecule has 0 fully saturated rings. The topological polar surface area (TPSA) is 116 Å². The molecule has 0 unspecified atom stereocenters. The third-order valence-electron chi connectivity index (χ3n) is 4.27. The van der Waals surface area contributed by atoms with Gasteiger partial charge in [0, 0.05) is 6.07 Å². The van der Waals surface area contributed by atoms with Gasteiger partial charge in [-0.3, -0.25) is 10.1 Å². The maximum Gasteiger partial charge on any atom is 0.325 e. The Kier molecular flexibility index (Phi) is 4.01. The molecule has 2 heterocycles. The van der Waals surface area contributed by atoms with Crippen LogP contribution >= 0.6 is 0 Å². The summed E-state index contributed by atoms with van der Waals surface area (Å²) >= 11 is 0. The summed E-state index contributed by atoms with van der Waals surface area (Å²) in [7, 11) is 0. The molecule has 1 aliphatic carbocycles. The highest BCUT2D eigenvalue weighted by molar-refractivity contribution is 5.88. The number of ether oxygens (including phenoxy) is 2. The average Bonchev–Trinajstić information content (AvgIpc) is 2.61. The van der Waals surface area contributed by atoms with E-state index in [1.165, 1.54) is 0 Å². The molecule has 0 bridgehead atoms. The molecule has 1 aromatic carbocycles. The van der Waals surface area contributed by atoms with E-state index in [2.05, 4.69) is 20.3 Å². The average molecular weight is 342 g/mol. The summed E-state index contributed by atoms with van der Waals surface area (Å²) in [5.41, 5.74) is 8.29. The van der Waals surface area contributed by atoms with Gasteiger partial charge in [0.25, 0.3) is 11.5 Å². The van der Waals surface area contributed by atoms with E-state index in [9.17, 15) is 4.79 Å². The van der Waals surface area contributed by atoms with Crippen molar-refractivity contribution in [1.82, 2.24) is 9.97 Å². The summed E-state index contributed by atoms with van der Waals surface area (Å²) in [5, 5.41) is 3.03. The Morgan fingerprint density at radius 1 is 1.20 bits per heavy atom. The van der Waals surface area contributed by atoms with Crippen LogP contribution in [-0.4, -0.2) is 29.1 Å². The van der Waals surface area contributed by atoms with Crippen LogP contribution in [-0.2, 0) is 12.8 Å². The fraction of sp³-hybridized carbons (Fsp3) is 0.353. The monoisotopic (exact) mass is 342 g/mol. The van der Waals surface area contributed by atoms with Crippen molar-refractivity contribution in [3.8, 4) is 11.5 Å². The molecule has 1 aromatic heterocycles. The van der Waals surface area contributed by atoms with Crippen LogP contribution in [0.4, 0.5) is 11.6 Å². The standard InChI is InChI=1S/C17H19N5O3/c18-16(19-10-5-6-13-14(9-10)25-8-7-24-13)22-17-20-12-4-2-1-3-11(12)15(23)21-17/h5-6,9H,1-4,7-8H2,(H4,18,19,20,21,22,23)/p+1. The minimum atomic E-state index is -0.0978. The Labute approximate surface area is 144 Å². The molecule has 0 amide bonds. The summed E-state index contributed by atoms with van der Waals surface area (Å²) in [6.07, 6.45) is 3.69. The first-order chi connectivity index (χ1) is 12.2. The van der Waals surface area contributed by atoms with Gasteiger partial charge in [-0.15, -0.1) is 4.98 Å². The van der Waals surface area contributed by atoms with E-state index >= 15 is 0 Å². The lowest BCUT2D eigenvalue weighted by molar-refractivity contribution is -0.365. The number of aromatic nitrogens is 2. The molecule has 8 nitrogen and oxygen atoms in total. The second-order valence-electron chi connectivity index (χ2n) is 6.07. The molecule has 5 N–H and O–H groups in total. The molecule has 0 saturated carbocycles. The first-order valence-corrected chi connectivity index (χ1v) is 8.37. The Bertz CT molecular complexity index is 890. The lowest BCUT2D eigenvalue weighted by Crippen LogP contribution is -2.73. The van der Waals surface area contributed by atoms with Gasteiger partial charge >= 0.3 is 5.95 Å². The van der Waals surface area contributed by atoms with Crippen LogP contribution in [0.25, 0.3) is 0 Å². The number of nitrogens with zero attached hydrogens (tertiary/aromatic N) is 1. The molecular formula is C17H20N5O3+. The smallest absolute Gasteiger partial charge is 0.325 e. The summed E-state index contributed by atoms with van der Waals surface area (Å²) in [4.78, 5) is 22.3. The van der Waals surface area contributed by atoms with E-state index in [4.69, 9.17) is 15.2 Å². The van der Waals surface area contributed by atoms with Gasteiger partial charge in [-0.05, 0) is 37.8 Å². The molecule has 25 heavy (non-hydrogen) atoms. The first kappa shape index (κ1) is 15.5. The van der Waals surface area contributed by atoms with Crippen LogP contribution in [0, 0.1) is 0 Å². The van der Waals surface area contributed by atoms with Crippen molar-refractivity contribution in [2.24, 2.45) is 5.73 Å². The molecule has 8 heteroatoms. The third kappa shape index (κ3) is 3.28. The van der Waals surface area contributed by atoms with Gasteiger partial charge in [0.05, 0.1) is 16.9 Å². The SMILES string of the molecule is NC(Nc1ccc2c(c1)OCCO2)=[NH+]c1nc2c(c(=O)[nH]1)CCCC2. The van der Waals surface area contributed by atoms with Crippen molar-refractivity contribution in [3.05, 3.63) is 39.8 Å². The second kappa shape index (κ2) is 6.46. The fourth-order valence-electron chi connectivity index (χ4n) is 3.10. The van der Waals surface area contributed by atoms with E-state index in [1.54, 1.807) is 0 Å². The van der Waals surface area contributed by atoms with Gasteiger partial charge in [0.2, 0.25) is 0 Å². The van der Waals surface area contributed by atoms with Crippen molar-refractivity contribution >= 4 is 17.6 Å². The number of benzene rings is 1. The molecule has 2 aromatic rings. The van der Waals surface area contributed by atoms with Crippen molar-refractivity contribution in [2.45, 2.75) is 25.7 Å². The normalized spacial score (nSPS) is 16.2. The Hall–Kier alpha value is -3.03. The predicted molar refractivity (Wildman–Crippen MR) is 92.4 cm³/mol. The Morgan fingerprint density at radius 3 is 2.88 bits per heavy atom. The van der Waals surface area contributed by atoms with Crippen molar-refractivity contribution in [1.29, 1.82) is 0 Å². The molecule has 4 rings (SSSR count). The van der Waals surface area contributed by atoms with Crippen molar-refractivity contribution < 1.29 is 14.5 Å². The molecule has 0 radical (unpaired) electrons. The maximum absolute atomic E-state index is 12.1. The van der Waals surface area contributed by atoms with Crippen LogP contribution in [0.15, 0.2) is 23.0 Å². The molecule has 130 valence electrons. The number of guanidine groups is 1. The molecule has 2 aliphatic rings. The minimum Gasteiger partial charge on any atom is -0.486 e. The highest BCUT2D eigenvalue weighted by atomic mass is 16.6. The number of nitrogens with two attached hydrogens (primary N) is 1. The predicted octanol–water partition coefficient (Wildman–Crippen LogP) is -0.441. The van der Waals surface area contributed by atoms with Gasteiger partial charge in [0.15, 0.2) is 11.5 Å². The molecule has 1 aliphatic heterocycles. The third-order valence-corrected chi connectivity index (χ3v) is 4.27.